The second-order valence-electron chi connectivity index (χ2n) is 6.32. The lowest BCUT2D eigenvalue weighted by molar-refractivity contribution is -0.119. The summed E-state index contributed by atoms with van der Waals surface area (Å²) in [7, 11) is 1.55. The highest BCUT2D eigenvalue weighted by molar-refractivity contribution is 9.10. The Hall–Kier alpha value is -1.70. The van der Waals surface area contributed by atoms with Gasteiger partial charge in [-0.1, -0.05) is 68.4 Å². The minimum absolute atomic E-state index is 0.0799. The van der Waals surface area contributed by atoms with Gasteiger partial charge in [-0.05, 0) is 30.9 Å². The van der Waals surface area contributed by atoms with Crippen LogP contribution in [0.5, 0.6) is 0 Å². The van der Waals surface area contributed by atoms with E-state index in [-0.39, 0.29) is 12.5 Å². The summed E-state index contributed by atoms with van der Waals surface area (Å²) in [5, 5.41) is 9.41. The first-order chi connectivity index (χ1) is 14.4. The molecule has 1 aromatic rings. The number of halogens is 1. The number of carbonyl (C=O) groups is 2. The summed E-state index contributed by atoms with van der Waals surface area (Å²) in [4.78, 5) is 19.1. The van der Waals surface area contributed by atoms with Gasteiger partial charge in [0.25, 0.3) is 0 Å². The summed E-state index contributed by atoms with van der Waals surface area (Å²) in [5.41, 5.74) is 7.25. The molecule has 1 heterocycles. The fraction of sp³-hybridized carbons (Fsp3) is 0.565. The lowest BCUT2D eigenvalue weighted by Crippen LogP contribution is -2.34. The molecule has 5 N–H and O–H groups in total. The number of benzene rings is 1. The topological polar surface area (TPSA) is 96.2 Å². The molecule has 0 aliphatic carbocycles. The van der Waals surface area contributed by atoms with Crippen molar-refractivity contribution in [3.63, 3.8) is 0 Å². The van der Waals surface area contributed by atoms with Crippen molar-refractivity contribution in [3.8, 4) is 0 Å². The van der Waals surface area contributed by atoms with E-state index < -0.39 is 0 Å². The van der Waals surface area contributed by atoms with Gasteiger partial charge in [0.05, 0.1) is 6.54 Å². The summed E-state index contributed by atoms with van der Waals surface area (Å²) < 4.78 is 1.15. The molecule has 0 saturated carbocycles. The smallest absolute Gasteiger partial charge is 0.233 e. The van der Waals surface area contributed by atoms with Crippen molar-refractivity contribution in [2.45, 2.75) is 72.0 Å². The summed E-state index contributed by atoms with van der Waals surface area (Å²) in [6.07, 6.45) is 5.17. The Morgan fingerprint density at radius 1 is 1.30 bits per heavy atom. The van der Waals surface area contributed by atoms with Crippen LogP contribution in [0.15, 0.2) is 41.0 Å². The van der Waals surface area contributed by atoms with Crippen molar-refractivity contribution in [2.24, 2.45) is 5.73 Å². The molecule has 7 heteroatoms. The van der Waals surface area contributed by atoms with Gasteiger partial charge in [0.2, 0.25) is 5.91 Å². The Kier molecular flexibility index (Phi) is 20.9. The number of rotatable bonds is 7. The molecule has 1 saturated heterocycles. The molecule has 30 heavy (non-hydrogen) atoms. The molecule has 0 spiro atoms. The van der Waals surface area contributed by atoms with Crippen molar-refractivity contribution in [1.29, 1.82) is 0 Å². The van der Waals surface area contributed by atoms with Crippen molar-refractivity contribution in [2.75, 3.05) is 13.6 Å². The van der Waals surface area contributed by atoms with Crippen LogP contribution in [0.25, 0.3) is 0 Å². The molecule has 1 aliphatic rings. The van der Waals surface area contributed by atoms with E-state index >= 15 is 0 Å². The molecule has 2 rings (SSSR count). The standard InChI is InChI=1S/C15H21BrN2.C3H8N2O.C3H6O.C2H6/c1-3-13-8-9-15(18-13)11(2)17-10-12-6-4-5-7-14(12)16;1-5-3(6)2-4;1-2-3-4;1-2/h4-7,13,15,17-18H,2-3,8-10H2,1H3;2,4H2,1H3,(H,5,6);3H,2H2,1H3;1-2H3/t13?,15-;;;/m0.../s1. The number of nitrogens with two attached hydrogens (primary N) is 1. The van der Waals surface area contributed by atoms with Gasteiger partial charge in [0.1, 0.15) is 6.29 Å². The van der Waals surface area contributed by atoms with E-state index in [0.717, 1.165) is 23.0 Å². The molecule has 0 bridgehead atoms. The van der Waals surface area contributed by atoms with Crippen molar-refractivity contribution in [1.82, 2.24) is 16.0 Å². The number of aldehydes is 1. The van der Waals surface area contributed by atoms with Gasteiger partial charge in [-0.2, -0.15) is 0 Å². The summed E-state index contributed by atoms with van der Waals surface area (Å²) >= 11 is 3.57. The zero-order valence-corrected chi connectivity index (χ0v) is 20.8. The highest BCUT2D eigenvalue weighted by Crippen LogP contribution is 2.20. The van der Waals surface area contributed by atoms with E-state index in [9.17, 15) is 9.59 Å². The molecule has 2 atom stereocenters. The van der Waals surface area contributed by atoms with E-state index in [4.69, 9.17) is 5.73 Å². The van der Waals surface area contributed by atoms with Gasteiger partial charge in [-0.25, -0.2) is 0 Å². The maximum atomic E-state index is 9.94. The zero-order chi connectivity index (χ0) is 23.4. The number of hydrogen-bond donors (Lipinski definition) is 4. The average Bonchev–Trinajstić information content (AvgIpc) is 3.29. The number of amides is 1. The third-order valence-corrected chi connectivity index (χ3v) is 5.02. The van der Waals surface area contributed by atoms with Crippen LogP contribution in [0.1, 0.15) is 58.9 Å². The van der Waals surface area contributed by atoms with Crippen LogP contribution in [0.3, 0.4) is 0 Å². The fourth-order valence-corrected chi connectivity index (χ4v) is 2.92. The van der Waals surface area contributed by atoms with Crippen LogP contribution in [-0.4, -0.2) is 37.9 Å². The van der Waals surface area contributed by atoms with Crippen LogP contribution in [0.2, 0.25) is 0 Å². The van der Waals surface area contributed by atoms with Crippen LogP contribution < -0.4 is 21.7 Å². The second kappa shape index (κ2) is 20.6. The largest absolute Gasteiger partial charge is 0.383 e. The molecule has 1 unspecified atom stereocenters. The molecule has 6 nitrogen and oxygen atoms in total. The summed E-state index contributed by atoms with van der Waals surface area (Å²) in [6.45, 7) is 13.1. The number of nitrogens with one attached hydrogen (secondary N) is 3. The normalized spacial score (nSPS) is 16.4. The van der Waals surface area contributed by atoms with Crippen LogP contribution >= 0.6 is 15.9 Å². The van der Waals surface area contributed by atoms with E-state index in [2.05, 4.69) is 63.6 Å². The number of hydrogen-bond acceptors (Lipinski definition) is 5. The Morgan fingerprint density at radius 3 is 2.30 bits per heavy atom. The average molecular weight is 486 g/mol. The summed E-state index contributed by atoms with van der Waals surface area (Å²) in [5.74, 6) is -0.130. The molecule has 1 aliphatic heterocycles. The van der Waals surface area contributed by atoms with E-state index in [1.165, 1.54) is 24.8 Å². The van der Waals surface area contributed by atoms with Crippen LogP contribution in [0, 0.1) is 0 Å². The Morgan fingerprint density at radius 2 is 1.90 bits per heavy atom. The van der Waals surface area contributed by atoms with Crippen molar-refractivity contribution in [3.05, 3.63) is 46.6 Å². The Bertz CT molecular complexity index is 590. The van der Waals surface area contributed by atoms with E-state index in [1.807, 2.05) is 26.8 Å². The van der Waals surface area contributed by atoms with Gasteiger partial charge >= 0.3 is 0 Å². The highest BCUT2D eigenvalue weighted by atomic mass is 79.9. The second-order valence-corrected chi connectivity index (χ2v) is 7.18. The third kappa shape index (κ3) is 14.3. The van der Waals surface area contributed by atoms with Crippen LogP contribution in [-0.2, 0) is 16.1 Å². The van der Waals surface area contributed by atoms with Gasteiger partial charge < -0.3 is 26.5 Å². The van der Waals surface area contributed by atoms with Gasteiger partial charge in [0, 0.05) is 42.3 Å². The predicted octanol–water partition coefficient (Wildman–Crippen LogP) is 3.90. The van der Waals surface area contributed by atoms with E-state index in [1.54, 1.807) is 7.05 Å². The molecular formula is C23H41BrN4O2. The van der Waals surface area contributed by atoms with Crippen molar-refractivity contribution >= 4 is 28.1 Å². The maximum Gasteiger partial charge on any atom is 0.233 e. The van der Waals surface area contributed by atoms with Crippen molar-refractivity contribution < 1.29 is 9.59 Å². The lowest BCUT2D eigenvalue weighted by atomic mass is 10.1. The summed E-state index contributed by atoms with van der Waals surface area (Å²) in [6, 6.07) is 9.38. The molecule has 0 aromatic heterocycles. The lowest BCUT2D eigenvalue weighted by Gasteiger charge is -2.18. The third-order valence-electron chi connectivity index (χ3n) is 4.25. The van der Waals surface area contributed by atoms with Gasteiger partial charge in [-0.15, -0.1) is 0 Å². The highest BCUT2D eigenvalue weighted by Gasteiger charge is 2.24. The van der Waals surface area contributed by atoms with Gasteiger partial charge in [0.15, 0.2) is 0 Å². The number of carbonyl (C=O) groups excluding carboxylic acids is 2. The van der Waals surface area contributed by atoms with Crippen LogP contribution in [0.4, 0.5) is 0 Å². The van der Waals surface area contributed by atoms with Gasteiger partial charge in [-0.3, -0.25) is 4.79 Å². The molecule has 1 amide bonds. The van der Waals surface area contributed by atoms with E-state index in [0.29, 0.717) is 18.5 Å². The Balaban J connectivity index is 0. The monoisotopic (exact) mass is 484 g/mol. The molecule has 0 radical (unpaired) electrons. The SMILES string of the molecule is C=C(NCc1ccccc1Br)[C@@H]1CCC(CC)N1.CC.CCC=O.CNC(=O)CN. The minimum atomic E-state index is -0.130. The zero-order valence-electron chi connectivity index (χ0n) is 19.3. The molecule has 1 aromatic carbocycles. The maximum absolute atomic E-state index is 9.94. The minimum Gasteiger partial charge on any atom is -0.383 e. The first-order valence-electron chi connectivity index (χ1n) is 10.7. The Labute approximate surface area is 191 Å². The number of likely N-dealkylation sites (N-methyl/N-ethyl adjacent to an activating group) is 1. The first kappa shape index (κ1) is 30.5. The fourth-order valence-electron chi connectivity index (χ4n) is 2.49. The molecular weight excluding hydrogens is 444 g/mol. The molecule has 1 fully saturated rings. The quantitative estimate of drug-likeness (QED) is 0.440. The molecule has 172 valence electrons. The predicted molar refractivity (Wildman–Crippen MR) is 131 cm³/mol. The first-order valence-corrected chi connectivity index (χ1v) is 11.5.